The molecule has 1 heterocycles. The van der Waals surface area contributed by atoms with Crippen LogP contribution in [0.5, 0.6) is 0 Å². The molecule has 19 heavy (non-hydrogen) atoms. The van der Waals surface area contributed by atoms with Gasteiger partial charge in [-0.25, -0.2) is 0 Å². The predicted octanol–water partition coefficient (Wildman–Crippen LogP) is 3.69. The van der Waals surface area contributed by atoms with Crippen molar-refractivity contribution in [3.63, 3.8) is 0 Å². The van der Waals surface area contributed by atoms with Crippen LogP contribution in [0.3, 0.4) is 0 Å². The maximum Gasteiger partial charge on any atom is 0.222 e. The van der Waals surface area contributed by atoms with Crippen LogP contribution in [0.25, 0.3) is 0 Å². The van der Waals surface area contributed by atoms with E-state index < -0.39 is 0 Å². The van der Waals surface area contributed by atoms with Crippen molar-refractivity contribution < 1.29 is 4.79 Å². The fraction of sp³-hybridized carbons (Fsp3) is 0.706. The van der Waals surface area contributed by atoms with Crippen LogP contribution in [-0.2, 0) is 4.79 Å². The second-order valence-corrected chi connectivity index (χ2v) is 6.89. The molecule has 1 aliphatic heterocycles. The quantitative estimate of drug-likeness (QED) is 0.608. The number of allylic oxidation sites excluding steroid dienone is 3. The van der Waals surface area contributed by atoms with Crippen LogP contribution in [0, 0.1) is 11.3 Å². The van der Waals surface area contributed by atoms with Gasteiger partial charge >= 0.3 is 0 Å². The van der Waals surface area contributed by atoms with Crippen molar-refractivity contribution in [2.45, 2.75) is 58.9 Å². The van der Waals surface area contributed by atoms with E-state index in [4.69, 9.17) is 0 Å². The number of rotatable bonds is 0. The van der Waals surface area contributed by atoms with Crippen LogP contribution in [0.4, 0.5) is 0 Å². The number of hydrogen-bond acceptors (Lipinski definition) is 1. The van der Waals surface area contributed by atoms with Crippen LogP contribution in [0.15, 0.2) is 22.8 Å². The Balaban J connectivity index is 1.99. The predicted molar refractivity (Wildman–Crippen MR) is 77.7 cm³/mol. The monoisotopic (exact) mass is 259 g/mol. The molecular weight excluding hydrogens is 234 g/mol. The van der Waals surface area contributed by atoms with Crippen molar-refractivity contribution in [2.24, 2.45) is 11.3 Å². The molecule has 0 aromatic heterocycles. The molecule has 3 rings (SSSR count). The molecule has 0 radical (unpaired) electrons. The topological polar surface area (TPSA) is 20.3 Å². The molecule has 1 unspecified atom stereocenters. The van der Waals surface area contributed by atoms with E-state index in [0.717, 1.165) is 25.7 Å². The van der Waals surface area contributed by atoms with E-state index in [9.17, 15) is 4.79 Å². The van der Waals surface area contributed by atoms with E-state index >= 15 is 0 Å². The summed E-state index contributed by atoms with van der Waals surface area (Å²) in [5, 5.41) is 0. The van der Waals surface area contributed by atoms with Gasteiger partial charge in [-0.15, -0.1) is 0 Å². The Kier molecular flexibility index (Phi) is 2.88. The lowest BCUT2D eigenvalue weighted by Gasteiger charge is -2.54. The lowest BCUT2D eigenvalue weighted by molar-refractivity contribution is -0.140. The molecule has 0 spiro atoms. The molecule has 3 aliphatic rings. The van der Waals surface area contributed by atoms with Gasteiger partial charge in [0.15, 0.2) is 0 Å². The summed E-state index contributed by atoms with van der Waals surface area (Å²) < 4.78 is 0. The SMILES string of the molecule is CC1=C(C)[C@H]2CCC3N(C)C(=O)CC[C@@]3(C)C2=CC1. The van der Waals surface area contributed by atoms with Crippen LogP contribution >= 0.6 is 0 Å². The standard InChI is InChI=1S/C17H25NO/c1-11-5-7-14-13(12(11)2)6-8-15-17(14,3)10-9-16(19)18(15)4/h7,13,15H,5-6,8-10H2,1-4H3/t13-,15?,17+/m1/s1. The second-order valence-electron chi connectivity index (χ2n) is 6.89. The summed E-state index contributed by atoms with van der Waals surface area (Å²) in [6, 6.07) is 0.419. The maximum atomic E-state index is 12.0. The summed E-state index contributed by atoms with van der Waals surface area (Å²) in [5.74, 6) is 0.984. The number of nitrogens with zero attached hydrogens (tertiary/aromatic N) is 1. The summed E-state index contributed by atoms with van der Waals surface area (Å²) >= 11 is 0. The van der Waals surface area contributed by atoms with Gasteiger partial charge in [-0.1, -0.05) is 29.7 Å². The van der Waals surface area contributed by atoms with Gasteiger partial charge in [-0.05, 0) is 39.5 Å². The van der Waals surface area contributed by atoms with E-state index in [-0.39, 0.29) is 5.41 Å². The van der Waals surface area contributed by atoms with Gasteiger partial charge in [0.05, 0.1) is 0 Å². The molecule has 0 N–H and O–H groups in total. The van der Waals surface area contributed by atoms with Crippen LogP contribution < -0.4 is 0 Å². The number of carbonyl (C=O) groups excluding carboxylic acids is 1. The summed E-state index contributed by atoms with van der Waals surface area (Å²) in [4.78, 5) is 14.0. The molecule has 2 fully saturated rings. The van der Waals surface area contributed by atoms with Crippen molar-refractivity contribution >= 4 is 5.91 Å². The van der Waals surface area contributed by atoms with Crippen LogP contribution in [-0.4, -0.2) is 23.9 Å². The molecule has 0 bridgehead atoms. The minimum absolute atomic E-state index is 0.216. The van der Waals surface area contributed by atoms with Gasteiger partial charge in [0.25, 0.3) is 0 Å². The van der Waals surface area contributed by atoms with Crippen molar-refractivity contribution in [2.75, 3.05) is 7.05 Å². The highest BCUT2D eigenvalue weighted by atomic mass is 16.2. The van der Waals surface area contributed by atoms with Gasteiger partial charge in [0, 0.05) is 30.8 Å². The Hall–Kier alpha value is -1.05. The third-order valence-corrected chi connectivity index (χ3v) is 6.04. The molecule has 104 valence electrons. The van der Waals surface area contributed by atoms with Gasteiger partial charge < -0.3 is 4.90 Å². The van der Waals surface area contributed by atoms with Crippen molar-refractivity contribution in [1.82, 2.24) is 4.90 Å². The largest absolute Gasteiger partial charge is 0.342 e. The maximum absolute atomic E-state index is 12.0. The van der Waals surface area contributed by atoms with Gasteiger partial charge in [-0.3, -0.25) is 4.79 Å². The van der Waals surface area contributed by atoms with Crippen LogP contribution in [0.2, 0.25) is 0 Å². The first-order valence-corrected chi connectivity index (χ1v) is 7.57. The molecule has 2 nitrogen and oxygen atoms in total. The third kappa shape index (κ3) is 1.72. The Morgan fingerprint density at radius 1 is 1.32 bits per heavy atom. The molecular formula is C17H25NO. The fourth-order valence-corrected chi connectivity index (χ4v) is 4.58. The number of hydrogen-bond donors (Lipinski definition) is 0. The molecule has 1 saturated carbocycles. The van der Waals surface area contributed by atoms with E-state index in [1.807, 2.05) is 11.9 Å². The zero-order chi connectivity index (χ0) is 13.8. The molecule has 3 atom stereocenters. The molecule has 0 aromatic carbocycles. The van der Waals surface area contributed by atoms with Crippen molar-refractivity contribution in [3.8, 4) is 0 Å². The van der Waals surface area contributed by atoms with Gasteiger partial charge in [0.1, 0.15) is 0 Å². The Morgan fingerprint density at radius 2 is 2.05 bits per heavy atom. The summed E-state index contributed by atoms with van der Waals surface area (Å²) in [7, 11) is 2.00. The molecule has 2 heteroatoms. The molecule has 1 amide bonds. The Labute approximate surface area is 116 Å². The van der Waals surface area contributed by atoms with E-state index in [0.29, 0.717) is 17.9 Å². The van der Waals surface area contributed by atoms with Crippen molar-refractivity contribution in [3.05, 3.63) is 22.8 Å². The summed E-state index contributed by atoms with van der Waals surface area (Å²) in [6.07, 6.45) is 7.71. The molecule has 2 aliphatic carbocycles. The van der Waals surface area contributed by atoms with Crippen LogP contribution in [0.1, 0.15) is 52.9 Å². The van der Waals surface area contributed by atoms with E-state index in [1.54, 1.807) is 16.7 Å². The minimum atomic E-state index is 0.216. The van der Waals surface area contributed by atoms with Gasteiger partial charge in [-0.2, -0.15) is 0 Å². The number of likely N-dealkylation sites (tertiary alicyclic amines) is 1. The fourth-order valence-electron chi connectivity index (χ4n) is 4.58. The van der Waals surface area contributed by atoms with Gasteiger partial charge in [0.2, 0.25) is 5.91 Å². The van der Waals surface area contributed by atoms with E-state index in [1.165, 1.54) is 6.42 Å². The highest BCUT2D eigenvalue weighted by molar-refractivity contribution is 5.77. The number of piperidine rings is 1. The Bertz CT molecular complexity index is 487. The smallest absolute Gasteiger partial charge is 0.222 e. The second kappa shape index (κ2) is 4.22. The normalized spacial score (nSPS) is 38.8. The number of fused-ring (bicyclic) bond motifs is 3. The first kappa shape index (κ1) is 13.0. The summed E-state index contributed by atoms with van der Waals surface area (Å²) in [6.45, 7) is 6.98. The zero-order valence-corrected chi connectivity index (χ0v) is 12.6. The first-order chi connectivity index (χ1) is 8.95. The summed E-state index contributed by atoms with van der Waals surface area (Å²) in [5.41, 5.74) is 4.99. The number of amides is 1. The lowest BCUT2D eigenvalue weighted by atomic mass is 9.57. The highest BCUT2D eigenvalue weighted by Gasteiger charge is 2.50. The Morgan fingerprint density at radius 3 is 2.79 bits per heavy atom. The van der Waals surface area contributed by atoms with Crippen molar-refractivity contribution in [1.29, 1.82) is 0 Å². The third-order valence-electron chi connectivity index (χ3n) is 6.04. The highest BCUT2D eigenvalue weighted by Crippen LogP contribution is 2.54. The molecule has 1 saturated heterocycles. The first-order valence-electron chi connectivity index (χ1n) is 7.57. The van der Waals surface area contributed by atoms with E-state index in [2.05, 4.69) is 26.8 Å². The number of carbonyl (C=O) groups is 1. The average molecular weight is 259 g/mol. The lowest BCUT2D eigenvalue weighted by Crippen LogP contribution is -2.56. The molecule has 0 aromatic rings. The zero-order valence-electron chi connectivity index (χ0n) is 12.6. The minimum Gasteiger partial charge on any atom is -0.342 e. The average Bonchev–Trinajstić information content (AvgIpc) is 2.39.